The van der Waals surface area contributed by atoms with Gasteiger partial charge < -0.3 is 9.88 Å². The lowest BCUT2D eigenvalue weighted by atomic mass is 10.2. The molecule has 0 saturated carbocycles. The molecule has 0 aliphatic carbocycles. The van der Waals surface area contributed by atoms with Crippen LogP contribution in [0.3, 0.4) is 0 Å². The average Bonchev–Trinajstić information content (AvgIpc) is 3.05. The van der Waals surface area contributed by atoms with Crippen molar-refractivity contribution < 1.29 is 4.79 Å². The predicted molar refractivity (Wildman–Crippen MR) is 72.7 cm³/mol. The van der Waals surface area contributed by atoms with Crippen molar-refractivity contribution in [2.24, 2.45) is 0 Å². The number of aryl methyl sites for hydroxylation is 1. The number of amides is 1. The second kappa shape index (κ2) is 6.96. The Morgan fingerprint density at radius 1 is 1.39 bits per heavy atom. The zero-order valence-corrected chi connectivity index (χ0v) is 11.0. The van der Waals surface area contributed by atoms with E-state index in [1.54, 1.807) is 6.20 Å². The fourth-order valence-corrected chi connectivity index (χ4v) is 2.35. The lowest BCUT2D eigenvalue weighted by molar-refractivity contribution is 0.0957. The average molecular weight is 263 g/mol. The first-order valence-corrected chi connectivity index (χ1v) is 7.01. The van der Waals surface area contributed by atoms with Gasteiger partial charge in [0.1, 0.15) is 0 Å². The maximum absolute atomic E-state index is 11.6. The fraction of sp³-hybridized carbons (Fsp3) is 0.385. The molecular weight excluding hydrogens is 246 g/mol. The standard InChI is InChI=1S/C13H17N3OS/c17-13(12-5-4-10-18-12)15-6-2-1-3-8-16-9-7-14-11-16/h4-5,7,9-11H,1-3,6,8H2,(H,15,17). The summed E-state index contributed by atoms with van der Waals surface area (Å²) >= 11 is 1.48. The highest BCUT2D eigenvalue weighted by Gasteiger charge is 2.04. The summed E-state index contributed by atoms with van der Waals surface area (Å²) in [7, 11) is 0. The molecule has 2 heterocycles. The molecule has 0 bridgehead atoms. The second-order valence-corrected chi connectivity index (χ2v) is 5.04. The molecule has 1 amide bonds. The van der Waals surface area contributed by atoms with Crippen LogP contribution in [-0.4, -0.2) is 22.0 Å². The van der Waals surface area contributed by atoms with Gasteiger partial charge in [-0.15, -0.1) is 11.3 Å². The number of thiophene rings is 1. The van der Waals surface area contributed by atoms with Gasteiger partial charge in [-0.25, -0.2) is 4.98 Å². The Hall–Kier alpha value is -1.62. The fourth-order valence-electron chi connectivity index (χ4n) is 1.71. The molecule has 1 N–H and O–H groups in total. The summed E-state index contributed by atoms with van der Waals surface area (Å²) in [6, 6.07) is 3.74. The van der Waals surface area contributed by atoms with E-state index in [9.17, 15) is 4.79 Å². The number of hydrogen-bond acceptors (Lipinski definition) is 3. The molecule has 0 atom stereocenters. The molecule has 2 aromatic rings. The van der Waals surface area contributed by atoms with Crippen LogP contribution in [0.2, 0.25) is 0 Å². The van der Waals surface area contributed by atoms with Crippen LogP contribution in [0.4, 0.5) is 0 Å². The van der Waals surface area contributed by atoms with Gasteiger partial charge in [0.2, 0.25) is 0 Å². The van der Waals surface area contributed by atoms with Crippen LogP contribution in [0.5, 0.6) is 0 Å². The smallest absolute Gasteiger partial charge is 0.261 e. The summed E-state index contributed by atoms with van der Waals surface area (Å²) in [5, 5.41) is 4.85. The first-order valence-electron chi connectivity index (χ1n) is 6.14. The minimum Gasteiger partial charge on any atom is -0.351 e. The summed E-state index contributed by atoms with van der Waals surface area (Å²) in [5.41, 5.74) is 0. The number of carbonyl (C=O) groups is 1. The lowest BCUT2D eigenvalue weighted by Crippen LogP contribution is -2.23. The van der Waals surface area contributed by atoms with Gasteiger partial charge in [-0.1, -0.05) is 6.07 Å². The molecule has 2 rings (SSSR count). The Bertz CT molecular complexity index is 451. The van der Waals surface area contributed by atoms with Crippen molar-refractivity contribution in [2.75, 3.05) is 6.54 Å². The predicted octanol–water partition coefficient (Wildman–Crippen LogP) is 2.54. The topological polar surface area (TPSA) is 46.9 Å². The molecule has 96 valence electrons. The van der Waals surface area contributed by atoms with Gasteiger partial charge in [-0.3, -0.25) is 4.79 Å². The highest BCUT2D eigenvalue weighted by atomic mass is 32.1. The van der Waals surface area contributed by atoms with Crippen molar-refractivity contribution in [3.63, 3.8) is 0 Å². The number of unbranched alkanes of at least 4 members (excludes halogenated alkanes) is 2. The number of imidazole rings is 1. The molecule has 0 radical (unpaired) electrons. The zero-order valence-electron chi connectivity index (χ0n) is 10.2. The third kappa shape index (κ3) is 4.00. The Kier molecular flexibility index (Phi) is 4.96. The van der Waals surface area contributed by atoms with Crippen LogP contribution in [0.25, 0.3) is 0 Å². The van der Waals surface area contributed by atoms with Crippen molar-refractivity contribution in [2.45, 2.75) is 25.8 Å². The molecule has 4 nitrogen and oxygen atoms in total. The molecule has 0 fully saturated rings. The summed E-state index contributed by atoms with van der Waals surface area (Å²) in [4.78, 5) is 16.4. The minimum atomic E-state index is 0.0413. The Labute approximate surface area is 111 Å². The molecule has 2 aromatic heterocycles. The normalized spacial score (nSPS) is 10.4. The van der Waals surface area contributed by atoms with Gasteiger partial charge in [0.15, 0.2) is 0 Å². The molecule has 0 aromatic carbocycles. The van der Waals surface area contributed by atoms with Crippen LogP contribution in [0.15, 0.2) is 36.2 Å². The van der Waals surface area contributed by atoms with Crippen LogP contribution < -0.4 is 5.32 Å². The van der Waals surface area contributed by atoms with E-state index in [1.165, 1.54) is 11.3 Å². The summed E-state index contributed by atoms with van der Waals surface area (Å²) in [6.07, 6.45) is 8.85. The van der Waals surface area contributed by atoms with Gasteiger partial charge in [-0.05, 0) is 30.7 Å². The molecule has 0 aliphatic rings. The number of aromatic nitrogens is 2. The minimum absolute atomic E-state index is 0.0413. The SMILES string of the molecule is O=C(NCCCCCn1ccnc1)c1cccs1. The van der Waals surface area contributed by atoms with E-state index in [0.29, 0.717) is 0 Å². The van der Waals surface area contributed by atoms with Crippen LogP contribution in [0, 0.1) is 0 Å². The zero-order chi connectivity index (χ0) is 12.6. The summed E-state index contributed by atoms with van der Waals surface area (Å²) in [5.74, 6) is 0.0413. The largest absolute Gasteiger partial charge is 0.351 e. The second-order valence-electron chi connectivity index (χ2n) is 4.09. The highest BCUT2D eigenvalue weighted by Crippen LogP contribution is 2.07. The summed E-state index contributed by atoms with van der Waals surface area (Å²) < 4.78 is 2.07. The quantitative estimate of drug-likeness (QED) is 0.780. The highest BCUT2D eigenvalue weighted by molar-refractivity contribution is 7.12. The maximum atomic E-state index is 11.6. The van der Waals surface area contributed by atoms with E-state index < -0.39 is 0 Å². The lowest BCUT2D eigenvalue weighted by Gasteiger charge is -2.04. The van der Waals surface area contributed by atoms with Gasteiger partial charge in [0.05, 0.1) is 11.2 Å². The molecule has 0 saturated heterocycles. The van der Waals surface area contributed by atoms with Crippen molar-refractivity contribution in [1.82, 2.24) is 14.9 Å². The number of hydrogen-bond donors (Lipinski definition) is 1. The van der Waals surface area contributed by atoms with E-state index in [0.717, 1.165) is 37.2 Å². The first-order chi connectivity index (χ1) is 8.86. The Morgan fingerprint density at radius 2 is 2.33 bits per heavy atom. The molecule has 0 spiro atoms. The molecule has 5 heteroatoms. The van der Waals surface area contributed by atoms with E-state index in [-0.39, 0.29) is 5.91 Å². The van der Waals surface area contributed by atoms with Gasteiger partial charge >= 0.3 is 0 Å². The van der Waals surface area contributed by atoms with Gasteiger partial charge in [0, 0.05) is 25.5 Å². The van der Waals surface area contributed by atoms with Crippen molar-refractivity contribution >= 4 is 17.2 Å². The molecule has 18 heavy (non-hydrogen) atoms. The molecular formula is C13H17N3OS. The first kappa shape index (κ1) is 12.8. The van der Waals surface area contributed by atoms with Crippen molar-refractivity contribution in [1.29, 1.82) is 0 Å². The Balaban J connectivity index is 1.52. The molecule has 0 unspecified atom stereocenters. The Morgan fingerprint density at radius 3 is 3.06 bits per heavy atom. The van der Waals surface area contributed by atoms with E-state index in [1.807, 2.05) is 30.0 Å². The van der Waals surface area contributed by atoms with E-state index in [2.05, 4.69) is 14.9 Å². The number of carbonyl (C=O) groups excluding carboxylic acids is 1. The third-order valence-corrected chi connectivity index (χ3v) is 3.55. The monoisotopic (exact) mass is 263 g/mol. The van der Waals surface area contributed by atoms with Gasteiger partial charge in [0.25, 0.3) is 5.91 Å². The van der Waals surface area contributed by atoms with E-state index >= 15 is 0 Å². The van der Waals surface area contributed by atoms with Crippen LogP contribution in [-0.2, 0) is 6.54 Å². The van der Waals surface area contributed by atoms with Gasteiger partial charge in [-0.2, -0.15) is 0 Å². The molecule has 0 aliphatic heterocycles. The third-order valence-electron chi connectivity index (χ3n) is 2.68. The van der Waals surface area contributed by atoms with Crippen LogP contribution >= 0.6 is 11.3 Å². The van der Waals surface area contributed by atoms with Crippen molar-refractivity contribution in [3.8, 4) is 0 Å². The number of rotatable bonds is 7. The number of nitrogens with zero attached hydrogens (tertiary/aromatic N) is 2. The van der Waals surface area contributed by atoms with Crippen LogP contribution in [0.1, 0.15) is 28.9 Å². The van der Waals surface area contributed by atoms with Crippen molar-refractivity contribution in [3.05, 3.63) is 41.1 Å². The summed E-state index contributed by atoms with van der Waals surface area (Å²) in [6.45, 7) is 1.75. The maximum Gasteiger partial charge on any atom is 0.261 e. The number of nitrogens with one attached hydrogen (secondary N) is 1. The van der Waals surface area contributed by atoms with E-state index in [4.69, 9.17) is 0 Å².